The molecule has 0 aliphatic rings. The number of rotatable bonds is 5. The zero-order chi connectivity index (χ0) is 17.0. The monoisotopic (exact) mass is 333 g/mol. The number of nitrogens with zero attached hydrogens (tertiary/aromatic N) is 4. The number of nitro groups is 1. The zero-order valence-electron chi connectivity index (χ0n) is 12.1. The number of amides is 1. The Morgan fingerprint density at radius 2 is 2.26 bits per heavy atom. The first-order valence-corrected chi connectivity index (χ1v) is 6.74. The molecule has 0 spiro atoms. The summed E-state index contributed by atoms with van der Waals surface area (Å²) in [6.45, 7) is 3.42. The molecule has 1 aromatic heterocycles. The van der Waals surface area contributed by atoms with Crippen molar-refractivity contribution in [2.24, 2.45) is 0 Å². The van der Waals surface area contributed by atoms with Crippen LogP contribution in [0.15, 0.2) is 43.1 Å². The Hall–Kier alpha value is -3.00. The number of halogens is 1. The molecule has 118 valence electrons. The molecule has 1 aromatic carbocycles. The standard InChI is InChI=1S/C14H12ClN5O3/c1-3-12(21)19(2)10-6-4-5-9(7-10)17-13-11(20(22)23)8-16-14(15)18-13/h3-8H,1H2,2H3,(H,16,17,18). The Bertz CT molecular complexity index is 781. The third kappa shape index (κ3) is 3.80. The number of hydrogen-bond acceptors (Lipinski definition) is 6. The van der Waals surface area contributed by atoms with E-state index in [1.165, 1.54) is 11.0 Å². The van der Waals surface area contributed by atoms with Crippen molar-refractivity contribution in [1.82, 2.24) is 9.97 Å². The van der Waals surface area contributed by atoms with Crippen molar-refractivity contribution in [3.63, 3.8) is 0 Å². The molecule has 0 fully saturated rings. The minimum atomic E-state index is -0.615. The topological polar surface area (TPSA) is 101 Å². The summed E-state index contributed by atoms with van der Waals surface area (Å²) in [5.74, 6) is -0.317. The summed E-state index contributed by atoms with van der Waals surface area (Å²) in [5.41, 5.74) is 0.780. The van der Waals surface area contributed by atoms with Gasteiger partial charge in [-0.05, 0) is 35.9 Å². The Morgan fingerprint density at radius 1 is 1.52 bits per heavy atom. The van der Waals surface area contributed by atoms with Gasteiger partial charge in [-0.1, -0.05) is 12.6 Å². The molecule has 0 bridgehead atoms. The third-order valence-corrected chi connectivity index (χ3v) is 3.12. The molecule has 0 atom stereocenters. The second kappa shape index (κ2) is 6.84. The fraction of sp³-hybridized carbons (Fsp3) is 0.0714. The van der Waals surface area contributed by atoms with Gasteiger partial charge < -0.3 is 10.2 Å². The van der Waals surface area contributed by atoms with E-state index in [2.05, 4.69) is 21.9 Å². The number of aromatic nitrogens is 2. The fourth-order valence-electron chi connectivity index (χ4n) is 1.77. The van der Waals surface area contributed by atoms with Gasteiger partial charge in [0.2, 0.25) is 17.0 Å². The molecule has 0 radical (unpaired) electrons. The van der Waals surface area contributed by atoms with Crippen LogP contribution in [-0.2, 0) is 4.79 Å². The fourth-order valence-corrected chi connectivity index (χ4v) is 1.91. The third-order valence-electron chi connectivity index (χ3n) is 2.94. The van der Waals surface area contributed by atoms with Gasteiger partial charge in [0.15, 0.2) is 0 Å². The summed E-state index contributed by atoms with van der Waals surface area (Å²) in [4.78, 5) is 30.8. The molecule has 2 aromatic rings. The van der Waals surface area contributed by atoms with Gasteiger partial charge in [-0.25, -0.2) is 4.98 Å². The van der Waals surface area contributed by atoms with Crippen molar-refractivity contribution in [1.29, 1.82) is 0 Å². The molecule has 2 rings (SSSR count). The second-order valence-electron chi connectivity index (χ2n) is 4.41. The molecule has 0 unspecified atom stereocenters. The van der Waals surface area contributed by atoms with Crippen LogP contribution >= 0.6 is 11.6 Å². The average molecular weight is 334 g/mol. The van der Waals surface area contributed by atoms with Gasteiger partial charge in [0.25, 0.3) is 0 Å². The number of anilines is 3. The summed E-state index contributed by atoms with van der Waals surface area (Å²) in [6, 6.07) is 6.73. The Morgan fingerprint density at radius 3 is 2.91 bits per heavy atom. The van der Waals surface area contributed by atoms with Crippen LogP contribution in [0.1, 0.15) is 0 Å². The van der Waals surface area contributed by atoms with Gasteiger partial charge in [-0.2, -0.15) is 4.98 Å². The number of likely N-dealkylation sites (N-methyl/N-ethyl adjacent to an activating group) is 1. The molecule has 0 aliphatic heterocycles. The highest BCUT2D eigenvalue weighted by Crippen LogP contribution is 2.27. The van der Waals surface area contributed by atoms with Crippen molar-refractivity contribution < 1.29 is 9.72 Å². The first kappa shape index (κ1) is 16.4. The molecule has 9 heteroatoms. The molecular weight excluding hydrogens is 322 g/mol. The first-order chi connectivity index (χ1) is 10.9. The molecule has 23 heavy (non-hydrogen) atoms. The van der Waals surface area contributed by atoms with E-state index in [1.54, 1.807) is 31.3 Å². The van der Waals surface area contributed by atoms with Crippen LogP contribution in [0.4, 0.5) is 22.9 Å². The number of nitrogens with one attached hydrogen (secondary N) is 1. The van der Waals surface area contributed by atoms with Crippen molar-refractivity contribution in [2.75, 3.05) is 17.3 Å². The number of hydrogen-bond donors (Lipinski definition) is 1. The highest BCUT2D eigenvalue weighted by Gasteiger charge is 2.17. The lowest BCUT2D eigenvalue weighted by atomic mass is 10.2. The van der Waals surface area contributed by atoms with Gasteiger partial charge in [-0.3, -0.25) is 14.9 Å². The van der Waals surface area contributed by atoms with Gasteiger partial charge >= 0.3 is 5.69 Å². The number of benzene rings is 1. The predicted octanol–water partition coefficient (Wildman–Crippen LogP) is 2.93. The van der Waals surface area contributed by atoms with E-state index in [0.717, 1.165) is 6.20 Å². The average Bonchev–Trinajstić information content (AvgIpc) is 2.53. The Labute approximate surface area is 136 Å². The lowest BCUT2D eigenvalue weighted by Gasteiger charge is -2.16. The van der Waals surface area contributed by atoms with Gasteiger partial charge in [-0.15, -0.1) is 0 Å². The maximum absolute atomic E-state index is 11.6. The molecule has 1 N–H and O–H groups in total. The summed E-state index contributed by atoms with van der Waals surface area (Å²) >= 11 is 5.68. The van der Waals surface area contributed by atoms with Gasteiger partial charge in [0, 0.05) is 18.4 Å². The zero-order valence-corrected chi connectivity index (χ0v) is 12.8. The predicted molar refractivity (Wildman–Crippen MR) is 87.0 cm³/mol. The van der Waals surface area contributed by atoms with E-state index in [4.69, 9.17) is 11.6 Å². The number of carbonyl (C=O) groups excluding carboxylic acids is 1. The van der Waals surface area contributed by atoms with E-state index in [1.807, 2.05) is 0 Å². The molecular formula is C14H12ClN5O3. The second-order valence-corrected chi connectivity index (χ2v) is 4.74. The van der Waals surface area contributed by atoms with Gasteiger partial charge in [0.05, 0.1) is 4.92 Å². The highest BCUT2D eigenvalue weighted by molar-refractivity contribution is 6.28. The van der Waals surface area contributed by atoms with Crippen LogP contribution < -0.4 is 10.2 Å². The van der Waals surface area contributed by atoms with E-state index in [9.17, 15) is 14.9 Å². The summed E-state index contributed by atoms with van der Waals surface area (Å²) in [6.07, 6.45) is 2.21. The Balaban J connectivity index is 2.35. The molecule has 8 nitrogen and oxygen atoms in total. The van der Waals surface area contributed by atoms with E-state index >= 15 is 0 Å². The van der Waals surface area contributed by atoms with Crippen LogP contribution in [0.2, 0.25) is 5.28 Å². The lowest BCUT2D eigenvalue weighted by Crippen LogP contribution is -2.23. The minimum absolute atomic E-state index is 0.0372. The summed E-state index contributed by atoms with van der Waals surface area (Å²) < 4.78 is 0. The largest absolute Gasteiger partial charge is 0.334 e. The molecule has 0 saturated heterocycles. The molecule has 0 saturated carbocycles. The van der Waals surface area contributed by atoms with Crippen molar-refractivity contribution in [3.8, 4) is 0 Å². The minimum Gasteiger partial charge on any atom is -0.334 e. The summed E-state index contributed by atoms with van der Waals surface area (Å²) in [7, 11) is 1.59. The van der Waals surface area contributed by atoms with Gasteiger partial charge in [0.1, 0.15) is 6.20 Å². The van der Waals surface area contributed by atoms with Crippen molar-refractivity contribution >= 4 is 40.4 Å². The highest BCUT2D eigenvalue weighted by atomic mass is 35.5. The maximum Gasteiger partial charge on any atom is 0.329 e. The maximum atomic E-state index is 11.6. The quantitative estimate of drug-likeness (QED) is 0.390. The first-order valence-electron chi connectivity index (χ1n) is 6.36. The summed E-state index contributed by atoms with van der Waals surface area (Å²) in [5, 5.41) is 13.7. The molecule has 1 amide bonds. The SMILES string of the molecule is C=CC(=O)N(C)c1cccc(Nc2nc(Cl)ncc2[N+](=O)[O-])c1. The normalized spacial score (nSPS) is 10.0. The lowest BCUT2D eigenvalue weighted by molar-refractivity contribution is -0.384. The van der Waals surface area contributed by atoms with E-state index < -0.39 is 4.92 Å². The van der Waals surface area contributed by atoms with Crippen LogP contribution in [0.5, 0.6) is 0 Å². The van der Waals surface area contributed by atoms with Crippen LogP contribution in [-0.4, -0.2) is 27.8 Å². The van der Waals surface area contributed by atoms with E-state index in [-0.39, 0.29) is 22.7 Å². The van der Waals surface area contributed by atoms with Crippen LogP contribution in [0, 0.1) is 10.1 Å². The van der Waals surface area contributed by atoms with E-state index in [0.29, 0.717) is 11.4 Å². The van der Waals surface area contributed by atoms with Crippen molar-refractivity contribution in [3.05, 3.63) is 58.5 Å². The molecule has 0 aliphatic carbocycles. The Kier molecular flexibility index (Phi) is 4.87. The van der Waals surface area contributed by atoms with Crippen LogP contribution in [0.3, 0.4) is 0 Å². The number of carbonyl (C=O) groups is 1. The van der Waals surface area contributed by atoms with Crippen molar-refractivity contribution in [2.45, 2.75) is 0 Å². The molecule has 1 heterocycles. The smallest absolute Gasteiger partial charge is 0.329 e. The van der Waals surface area contributed by atoms with Crippen LogP contribution in [0.25, 0.3) is 0 Å².